The molecule has 1 N–H and O–H groups in total. The molecule has 0 unspecified atom stereocenters. The fourth-order valence-electron chi connectivity index (χ4n) is 8.05. The number of carbonyl (C=O) groups is 2. The predicted molar refractivity (Wildman–Crippen MR) is 138 cm³/mol. The van der Waals surface area contributed by atoms with Gasteiger partial charge in [-0.15, -0.1) is 0 Å². The molecule has 4 bridgehead atoms. The Morgan fingerprint density at radius 1 is 0.971 bits per heavy atom. The maximum Gasteiger partial charge on any atom is 0.312 e. The van der Waals surface area contributed by atoms with Gasteiger partial charge >= 0.3 is 5.97 Å². The number of hydrogen-bond donors (Lipinski definition) is 1. The van der Waals surface area contributed by atoms with Gasteiger partial charge in [0, 0.05) is 22.2 Å². The van der Waals surface area contributed by atoms with Crippen molar-refractivity contribution < 1.29 is 14.3 Å². The van der Waals surface area contributed by atoms with Crippen LogP contribution in [0.25, 0.3) is 10.9 Å². The third-order valence-electron chi connectivity index (χ3n) is 9.41. The van der Waals surface area contributed by atoms with E-state index >= 15 is 0 Å². The van der Waals surface area contributed by atoms with Crippen molar-refractivity contribution in [3.05, 3.63) is 70.4 Å². The normalized spacial score (nSPS) is 29.9. The van der Waals surface area contributed by atoms with Crippen LogP contribution in [-0.4, -0.2) is 22.8 Å². The molecule has 7 rings (SSSR count). The summed E-state index contributed by atoms with van der Waals surface area (Å²) in [6.07, 6.45) is 5.43. The zero-order valence-corrected chi connectivity index (χ0v) is 21.2. The molecule has 3 aromatic rings. The van der Waals surface area contributed by atoms with Crippen LogP contribution in [0.3, 0.4) is 0 Å². The molecular weight excluding hydrogens is 434 g/mol. The van der Waals surface area contributed by atoms with E-state index in [-0.39, 0.29) is 17.2 Å². The van der Waals surface area contributed by atoms with Crippen LogP contribution >= 0.6 is 0 Å². The van der Waals surface area contributed by atoms with Gasteiger partial charge in [0.1, 0.15) is 0 Å². The van der Waals surface area contributed by atoms with E-state index in [1.807, 2.05) is 31.2 Å². The summed E-state index contributed by atoms with van der Waals surface area (Å²) in [5, 5.41) is 0.890. The highest BCUT2D eigenvalue weighted by atomic mass is 16.5. The maximum atomic E-state index is 13.8. The van der Waals surface area contributed by atoms with Crippen LogP contribution in [0.2, 0.25) is 0 Å². The molecule has 4 aliphatic carbocycles. The summed E-state index contributed by atoms with van der Waals surface area (Å²) >= 11 is 0. The zero-order valence-electron chi connectivity index (χ0n) is 21.2. The Labute approximate surface area is 207 Å². The Balaban J connectivity index is 1.28. The van der Waals surface area contributed by atoms with Gasteiger partial charge in [0.2, 0.25) is 5.78 Å². The van der Waals surface area contributed by atoms with Gasteiger partial charge in [0.05, 0.1) is 5.41 Å². The molecule has 1 heterocycles. The minimum absolute atomic E-state index is 0.0578. The van der Waals surface area contributed by atoms with Gasteiger partial charge in [-0.05, 0) is 106 Å². The molecular formula is C31H35NO3. The van der Waals surface area contributed by atoms with E-state index in [4.69, 9.17) is 4.74 Å². The summed E-state index contributed by atoms with van der Waals surface area (Å²) in [7, 11) is 0. The van der Waals surface area contributed by atoms with Crippen LogP contribution < -0.4 is 0 Å². The Kier molecular flexibility index (Phi) is 5.04. The second-order valence-corrected chi connectivity index (χ2v) is 11.9. The molecule has 35 heavy (non-hydrogen) atoms. The standard InChI is InChI=1S/C31H35NO3/c1-18-9-10-24(11-19(18)2)30-13-22-12-23(14-30)16-31(15-22,17-30)29(34)35-21(4)28(33)27-20(3)32-26-8-6-5-7-25(26)27/h5-11,21-23,32H,12-17H2,1-4H3/t21-,22-,23-,30?,31?/m1/s1. The molecule has 4 fully saturated rings. The number of carbonyl (C=O) groups excluding carboxylic acids is 2. The number of benzene rings is 2. The topological polar surface area (TPSA) is 59.2 Å². The molecule has 0 saturated heterocycles. The average molecular weight is 470 g/mol. The van der Waals surface area contributed by atoms with E-state index in [2.05, 4.69) is 37.0 Å². The number of ketones is 1. The van der Waals surface area contributed by atoms with Gasteiger partial charge in [-0.3, -0.25) is 9.59 Å². The molecule has 4 nitrogen and oxygen atoms in total. The van der Waals surface area contributed by atoms with Gasteiger partial charge in [0.25, 0.3) is 0 Å². The molecule has 0 spiro atoms. The fraction of sp³-hybridized carbons (Fsp3) is 0.484. The van der Waals surface area contributed by atoms with Gasteiger partial charge in [-0.2, -0.15) is 0 Å². The third kappa shape index (κ3) is 3.48. The fourth-order valence-corrected chi connectivity index (χ4v) is 8.05. The number of fused-ring (bicyclic) bond motifs is 1. The van der Waals surface area contributed by atoms with Crippen LogP contribution in [0.4, 0.5) is 0 Å². The lowest BCUT2D eigenvalue weighted by Crippen LogP contribution is -2.57. The van der Waals surface area contributed by atoms with Crippen molar-refractivity contribution in [2.24, 2.45) is 17.3 Å². The number of ether oxygens (including phenoxy) is 1. The summed E-state index contributed by atoms with van der Waals surface area (Å²) in [4.78, 5) is 30.6. The van der Waals surface area contributed by atoms with Crippen molar-refractivity contribution in [1.29, 1.82) is 0 Å². The number of para-hydroxylation sites is 1. The SMILES string of the molecule is Cc1ccc(C23C[C@H]4C[C@@H](CC(C(=O)O[C@H](C)C(=O)c5c(C)[nH]c6ccccc56)(C4)C2)C3)cc1C. The maximum absolute atomic E-state index is 13.8. The number of aromatic nitrogens is 1. The Morgan fingerprint density at radius 2 is 1.69 bits per heavy atom. The molecule has 2 aromatic carbocycles. The van der Waals surface area contributed by atoms with Gasteiger partial charge < -0.3 is 9.72 Å². The van der Waals surface area contributed by atoms with Crippen molar-refractivity contribution in [1.82, 2.24) is 4.98 Å². The quantitative estimate of drug-likeness (QED) is 0.332. The number of rotatable bonds is 5. The monoisotopic (exact) mass is 469 g/mol. The lowest BCUT2D eigenvalue weighted by Gasteiger charge is -2.61. The highest BCUT2D eigenvalue weighted by Crippen LogP contribution is 2.66. The average Bonchev–Trinajstić information content (AvgIpc) is 3.15. The summed E-state index contributed by atoms with van der Waals surface area (Å²) in [6, 6.07) is 14.7. The highest BCUT2D eigenvalue weighted by molar-refractivity contribution is 6.11. The molecule has 4 heteroatoms. The summed E-state index contributed by atoms with van der Waals surface area (Å²) < 4.78 is 6.05. The van der Waals surface area contributed by atoms with Gasteiger partial charge in [0.15, 0.2) is 6.10 Å². The first-order valence-electron chi connectivity index (χ1n) is 13.1. The largest absolute Gasteiger partial charge is 0.454 e. The number of aromatic amines is 1. The molecule has 1 aromatic heterocycles. The van der Waals surface area contributed by atoms with Gasteiger partial charge in [-0.1, -0.05) is 36.4 Å². The lowest BCUT2D eigenvalue weighted by atomic mass is 9.43. The Bertz CT molecular complexity index is 1330. The molecule has 0 aliphatic heterocycles. The predicted octanol–water partition coefficient (Wildman–Crippen LogP) is 6.75. The number of hydrogen-bond acceptors (Lipinski definition) is 3. The number of Topliss-reactive ketones (excluding diaryl/α,β-unsaturated/α-hetero) is 1. The van der Waals surface area contributed by atoms with Crippen LogP contribution in [0, 0.1) is 38.0 Å². The number of aryl methyl sites for hydroxylation is 3. The second kappa shape index (κ2) is 7.81. The minimum Gasteiger partial charge on any atom is -0.454 e. The number of nitrogens with one attached hydrogen (secondary N) is 1. The zero-order chi connectivity index (χ0) is 24.5. The molecule has 4 saturated carbocycles. The second-order valence-electron chi connectivity index (χ2n) is 11.9. The summed E-state index contributed by atoms with van der Waals surface area (Å²) in [5.74, 6) is 0.847. The number of esters is 1. The van der Waals surface area contributed by atoms with Crippen molar-refractivity contribution in [3.63, 3.8) is 0 Å². The van der Waals surface area contributed by atoms with E-state index in [0.717, 1.165) is 35.9 Å². The first-order valence-corrected chi connectivity index (χ1v) is 13.1. The van der Waals surface area contributed by atoms with E-state index < -0.39 is 11.5 Å². The van der Waals surface area contributed by atoms with Crippen LogP contribution in [0.15, 0.2) is 42.5 Å². The first kappa shape index (κ1) is 22.6. The summed E-state index contributed by atoms with van der Waals surface area (Å²) in [5.41, 5.74) is 6.01. The third-order valence-corrected chi connectivity index (χ3v) is 9.41. The van der Waals surface area contributed by atoms with Crippen molar-refractivity contribution in [2.75, 3.05) is 0 Å². The van der Waals surface area contributed by atoms with Gasteiger partial charge in [-0.25, -0.2) is 0 Å². The van der Waals surface area contributed by atoms with Crippen molar-refractivity contribution >= 4 is 22.7 Å². The van der Waals surface area contributed by atoms with Crippen LogP contribution in [0.1, 0.15) is 78.2 Å². The van der Waals surface area contributed by atoms with Crippen molar-refractivity contribution in [3.8, 4) is 0 Å². The Morgan fingerprint density at radius 3 is 2.40 bits per heavy atom. The summed E-state index contributed by atoms with van der Waals surface area (Å²) in [6.45, 7) is 7.99. The van der Waals surface area contributed by atoms with E-state index in [0.29, 0.717) is 17.4 Å². The Hall–Kier alpha value is -2.88. The molecule has 4 aliphatic rings. The lowest BCUT2D eigenvalue weighted by molar-refractivity contribution is -0.176. The van der Waals surface area contributed by atoms with E-state index in [9.17, 15) is 9.59 Å². The van der Waals surface area contributed by atoms with E-state index in [1.165, 1.54) is 36.0 Å². The van der Waals surface area contributed by atoms with Crippen molar-refractivity contribution in [2.45, 2.75) is 77.7 Å². The molecule has 0 amide bonds. The first-order chi connectivity index (χ1) is 16.7. The number of H-pyrrole nitrogens is 1. The molecule has 182 valence electrons. The van der Waals surface area contributed by atoms with Crippen LogP contribution in [0.5, 0.6) is 0 Å². The molecule has 0 radical (unpaired) electrons. The molecule has 3 atom stereocenters. The smallest absolute Gasteiger partial charge is 0.312 e. The van der Waals surface area contributed by atoms with E-state index in [1.54, 1.807) is 6.92 Å². The minimum atomic E-state index is -0.800. The highest BCUT2D eigenvalue weighted by Gasteiger charge is 2.62. The van der Waals surface area contributed by atoms with Crippen LogP contribution in [-0.2, 0) is 14.9 Å².